The first-order valence-corrected chi connectivity index (χ1v) is 2.79. The van der Waals surface area contributed by atoms with Gasteiger partial charge >= 0.3 is 23.9 Å². The van der Waals surface area contributed by atoms with Crippen LogP contribution in [0.2, 0.25) is 0 Å². The van der Waals surface area contributed by atoms with Gasteiger partial charge in [-0.2, -0.15) is 0 Å². The van der Waals surface area contributed by atoms with E-state index in [4.69, 9.17) is 39.6 Å². The molecule has 0 aliphatic heterocycles. The lowest BCUT2D eigenvalue weighted by molar-refractivity contribution is -0.159. The molecule has 0 bridgehead atoms. The monoisotopic (exact) mass is 229 g/mol. The number of nitrogens with two attached hydrogens (primary N) is 1. The van der Waals surface area contributed by atoms with Crippen molar-refractivity contribution >= 4 is 23.9 Å². The topological polar surface area (TPSA) is 207 Å². The van der Waals surface area contributed by atoms with E-state index in [0.717, 1.165) is 0 Å². The van der Waals surface area contributed by atoms with Crippen LogP contribution in [0, 0.1) is 0 Å². The van der Waals surface area contributed by atoms with Crippen LogP contribution in [-0.4, -0.2) is 56.8 Å². The Bertz CT molecular complexity index is 175. The fourth-order valence-corrected chi connectivity index (χ4v) is 0. The minimum atomic E-state index is -1.82. The Morgan fingerprint density at radius 1 is 0.667 bits per heavy atom. The normalized spacial score (nSPS) is 6.27. The highest BCUT2D eigenvalue weighted by Crippen LogP contribution is 1.56. The zero-order valence-corrected chi connectivity index (χ0v) is 7.50. The van der Waals surface area contributed by atoms with Gasteiger partial charge in [-0.15, -0.1) is 0 Å². The average Bonchev–Trinajstić information content (AvgIpc) is 2.08. The predicted octanol–water partition coefficient (Wildman–Crippen LogP) is -2.94. The molecular weight excluding hydrogens is 218 g/mol. The lowest BCUT2D eigenvalue weighted by atomic mass is 10.7. The van der Waals surface area contributed by atoms with Crippen LogP contribution in [0.3, 0.4) is 0 Å². The summed E-state index contributed by atoms with van der Waals surface area (Å²) in [5.74, 6) is -7.30. The maximum absolute atomic E-state index is 9.10. The lowest BCUT2D eigenvalue weighted by Crippen LogP contribution is -2.09. The number of carboxylic acid groups (broad SMARTS) is 4. The number of carbonyl (C=O) groups is 4. The lowest BCUT2D eigenvalue weighted by Gasteiger charge is -1.72. The van der Waals surface area contributed by atoms with Crippen LogP contribution in [0.15, 0.2) is 0 Å². The summed E-state index contributed by atoms with van der Waals surface area (Å²) in [6.45, 7) is 0. The predicted molar refractivity (Wildman–Crippen MR) is 44.3 cm³/mol. The number of hydrogen-bond donors (Lipinski definition) is 5. The van der Waals surface area contributed by atoms with Crippen LogP contribution in [0.5, 0.6) is 0 Å². The SMILES string of the molecule is CN.O.O=C(O)C(=O)O.O=C(O)C(=O)O. The highest BCUT2D eigenvalue weighted by Gasteiger charge is 2.04. The molecule has 0 spiro atoms. The highest BCUT2D eigenvalue weighted by molar-refractivity contribution is 6.27. The van der Waals surface area contributed by atoms with Gasteiger partial charge in [-0.1, -0.05) is 0 Å². The van der Waals surface area contributed by atoms with Crippen molar-refractivity contribution in [2.75, 3.05) is 7.05 Å². The van der Waals surface area contributed by atoms with Gasteiger partial charge in [0.15, 0.2) is 0 Å². The fraction of sp³-hybridized carbons (Fsp3) is 0.200. The highest BCUT2D eigenvalue weighted by atomic mass is 16.4. The van der Waals surface area contributed by atoms with Crippen molar-refractivity contribution < 1.29 is 45.1 Å². The molecule has 15 heavy (non-hydrogen) atoms. The Kier molecular flexibility index (Phi) is 22.0. The van der Waals surface area contributed by atoms with E-state index in [9.17, 15) is 0 Å². The van der Waals surface area contributed by atoms with Crippen LogP contribution in [0.4, 0.5) is 0 Å². The molecule has 0 aliphatic rings. The summed E-state index contributed by atoms with van der Waals surface area (Å²) >= 11 is 0. The van der Waals surface area contributed by atoms with Crippen molar-refractivity contribution in [2.45, 2.75) is 0 Å². The zero-order valence-electron chi connectivity index (χ0n) is 7.50. The Morgan fingerprint density at radius 2 is 0.733 bits per heavy atom. The summed E-state index contributed by atoms with van der Waals surface area (Å²) in [5.41, 5.74) is 4.50. The van der Waals surface area contributed by atoms with Gasteiger partial charge in [-0.3, -0.25) is 0 Å². The first-order chi connectivity index (χ1) is 6.29. The van der Waals surface area contributed by atoms with E-state index in [1.807, 2.05) is 0 Å². The molecule has 0 aromatic heterocycles. The Balaban J connectivity index is -0.0000000653. The van der Waals surface area contributed by atoms with Crippen molar-refractivity contribution in [3.8, 4) is 0 Å². The molecule has 0 rings (SSSR count). The van der Waals surface area contributed by atoms with Crippen LogP contribution in [-0.2, 0) is 19.2 Å². The molecule has 0 saturated heterocycles. The third kappa shape index (κ3) is 33.7. The molecule has 10 nitrogen and oxygen atoms in total. The average molecular weight is 229 g/mol. The largest absolute Gasteiger partial charge is 0.473 e. The first kappa shape index (κ1) is 23.0. The molecule has 0 radical (unpaired) electrons. The molecule has 0 amide bonds. The van der Waals surface area contributed by atoms with Crippen molar-refractivity contribution in [3.63, 3.8) is 0 Å². The summed E-state index contributed by atoms with van der Waals surface area (Å²) < 4.78 is 0. The second-order valence-electron chi connectivity index (χ2n) is 1.22. The second-order valence-corrected chi connectivity index (χ2v) is 1.22. The van der Waals surface area contributed by atoms with Crippen molar-refractivity contribution in [1.29, 1.82) is 0 Å². The van der Waals surface area contributed by atoms with Gasteiger partial charge in [-0.25, -0.2) is 19.2 Å². The van der Waals surface area contributed by atoms with E-state index in [2.05, 4.69) is 5.73 Å². The van der Waals surface area contributed by atoms with Crippen LogP contribution >= 0.6 is 0 Å². The molecule has 0 heterocycles. The van der Waals surface area contributed by atoms with Gasteiger partial charge in [0.05, 0.1) is 0 Å². The Labute approximate surface area is 82.9 Å². The van der Waals surface area contributed by atoms with Gasteiger partial charge in [0, 0.05) is 0 Å². The number of hydrogen-bond acceptors (Lipinski definition) is 5. The molecule has 90 valence electrons. The maximum Gasteiger partial charge on any atom is 0.414 e. The smallest absolute Gasteiger partial charge is 0.414 e. The van der Waals surface area contributed by atoms with Crippen molar-refractivity contribution in [3.05, 3.63) is 0 Å². The van der Waals surface area contributed by atoms with Crippen LogP contribution < -0.4 is 5.73 Å². The molecule has 0 aromatic carbocycles. The third-order valence-corrected chi connectivity index (χ3v) is 0.366. The van der Waals surface area contributed by atoms with Gasteiger partial charge in [0.1, 0.15) is 0 Å². The van der Waals surface area contributed by atoms with Crippen molar-refractivity contribution in [2.24, 2.45) is 5.73 Å². The van der Waals surface area contributed by atoms with Crippen LogP contribution in [0.25, 0.3) is 0 Å². The summed E-state index contributed by atoms with van der Waals surface area (Å²) in [7, 11) is 1.50. The van der Waals surface area contributed by atoms with Gasteiger partial charge < -0.3 is 31.6 Å². The fourth-order valence-electron chi connectivity index (χ4n) is 0. The molecule has 0 aliphatic carbocycles. The molecule has 8 N–H and O–H groups in total. The number of aliphatic carboxylic acids is 4. The minimum Gasteiger partial charge on any atom is -0.473 e. The zero-order chi connectivity index (χ0) is 12.3. The van der Waals surface area contributed by atoms with Gasteiger partial charge in [0.25, 0.3) is 0 Å². The molecule has 0 saturated carbocycles. The third-order valence-electron chi connectivity index (χ3n) is 0.366. The second kappa shape index (κ2) is 14.3. The van der Waals surface area contributed by atoms with E-state index in [-0.39, 0.29) is 5.48 Å². The molecular formula is C5H11NO9. The molecule has 0 atom stereocenters. The first-order valence-electron chi connectivity index (χ1n) is 2.79. The quantitative estimate of drug-likeness (QED) is 0.268. The number of carboxylic acids is 4. The summed E-state index contributed by atoms with van der Waals surface area (Å²) in [6, 6.07) is 0. The van der Waals surface area contributed by atoms with E-state index in [1.165, 1.54) is 7.05 Å². The minimum absolute atomic E-state index is 0. The van der Waals surface area contributed by atoms with E-state index < -0.39 is 23.9 Å². The molecule has 0 unspecified atom stereocenters. The van der Waals surface area contributed by atoms with E-state index >= 15 is 0 Å². The molecule has 0 fully saturated rings. The van der Waals surface area contributed by atoms with E-state index in [1.54, 1.807) is 0 Å². The van der Waals surface area contributed by atoms with Crippen molar-refractivity contribution in [1.82, 2.24) is 0 Å². The standard InChI is InChI=1S/2C2H2O4.CH5N.H2O/c2*3-1(4)2(5)6;1-2;/h2*(H,3,4)(H,5,6);2H2,1H3;1H2. The Hall–Kier alpha value is -2.20. The number of rotatable bonds is 0. The van der Waals surface area contributed by atoms with Gasteiger partial charge in [-0.05, 0) is 7.05 Å². The Morgan fingerprint density at radius 3 is 0.733 bits per heavy atom. The molecule has 10 heteroatoms. The molecule has 0 aromatic rings. The summed E-state index contributed by atoms with van der Waals surface area (Å²) in [4.78, 5) is 36.4. The van der Waals surface area contributed by atoms with Gasteiger partial charge in [0.2, 0.25) is 0 Å². The van der Waals surface area contributed by atoms with Crippen LogP contribution in [0.1, 0.15) is 0 Å². The summed E-state index contributed by atoms with van der Waals surface area (Å²) in [6.07, 6.45) is 0. The maximum atomic E-state index is 9.10. The summed E-state index contributed by atoms with van der Waals surface area (Å²) in [5, 5.41) is 29.6. The van der Waals surface area contributed by atoms with E-state index in [0.29, 0.717) is 0 Å².